The summed E-state index contributed by atoms with van der Waals surface area (Å²) < 4.78 is 6.89. The van der Waals surface area contributed by atoms with Gasteiger partial charge in [-0.1, -0.05) is 42.3 Å². The summed E-state index contributed by atoms with van der Waals surface area (Å²) >= 11 is 3.74. The first-order chi connectivity index (χ1) is 7.00. The molecule has 2 heteroatoms. The highest BCUT2D eigenvalue weighted by Crippen LogP contribution is 2.60. The van der Waals surface area contributed by atoms with Gasteiger partial charge in [-0.25, -0.2) is 0 Å². The summed E-state index contributed by atoms with van der Waals surface area (Å²) in [4.78, 5) is 0. The van der Waals surface area contributed by atoms with Crippen molar-refractivity contribution >= 4 is 15.9 Å². The van der Waals surface area contributed by atoms with Gasteiger partial charge in [0, 0.05) is 11.6 Å². The van der Waals surface area contributed by atoms with Gasteiger partial charge in [0.1, 0.15) is 0 Å². The van der Waals surface area contributed by atoms with Gasteiger partial charge in [-0.3, -0.25) is 0 Å². The second-order valence-corrected chi connectivity index (χ2v) is 6.42. The minimum absolute atomic E-state index is 0.312. The third-order valence-electron chi connectivity index (χ3n) is 4.48. The summed E-state index contributed by atoms with van der Waals surface area (Å²) in [6.45, 7) is 7.14. The van der Waals surface area contributed by atoms with Gasteiger partial charge in [0.25, 0.3) is 0 Å². The summed E-state index contributed by atoms with van der Waals surface area (Å²) in [6.07, 6.45) is 4.10. The lowest BCUT2D eigenvalue weighted by molar-refractivity contribution is 0.0913. The van der Waals surface area contributed by atoms with E-state index in [9.17, 15) is 0 Å². The molecule has 0 aliphatic heterocycles. The fourth-order valence-corrected chi connectivity index (χ4v) is 4.72. The lowest BCUT2D eigenvalue weighted by Gasteiger charge is -2.33. The molecule has 1 saturated carbocycles. The van der Waals surface area contributed by atoms with E-state index in [2.05, 4.69) is 36.7 Å². The van der Waals surface area contributed by atoms with E-state index in [0.29, 0.717) is 11.5 Å². The number of hydrogen-bond donors (Lipinski definition) is 0. The first-order valence-electron chi connectivity index (χ1n) is 5.92. The maximum Gasteiger partial charge on any atom is 0.0893 e. The molecule has 3 atom stereocenters. The Bertz CT molecular complexity index is 295. The first-order valence-corrected chi connectivity index (χ1v) is 6.71. The number of ether oxygens (including phenoxy) is 1. The van der Waals surface area contributed by atoms with Crippen LogP contribution in [0, 0.1) is 17.3 Å². The van der Waals surface area contributed by atoms with Crippen LogP contribution in [0.25, 0.3) is 0 Å². The largest absolute Gasteiger partial charge is 0.376 e. The molecule has 0 aromatic rings. The Hall–Kier alpha value is 0.180. The van der Waals surface area contributed by atoms with Crippen LogP contribution >= 0.6 is 15.9 Å². The Morgan fingerprint density at radius 3 is 2.67 bits per heavy atom. The Morgan fingerprint density at radius 1 is 1.47 bits per heavy atom. The monoisotopic (exact) mass is 272 g/mol. The molecule has 0 bridgehead atoms. The molecule has 1 fully saturated rings. The number of hydrogen-bond acceptors (Lipinski definition) is 1. The molecule has 0 N–H and O–H groups in total. The number of fused-ring (bicyclic) bond motifs is 1. The van der Waals surface area contributed by atoms with E-state index in [-0.39, 0.29) is 0 Å². The minimum atomic E-state index is 0.312. The van der Waals surface area contributed by atoms with E-state index in [0.717, 1.165) is 11.8 Å². The van der Waals surface area contributed by atoms with E-state index in [1.54, 1.807) is 5.57 Å². The summed E-state index contributed by atoms with van der Waals surface area (Å²) in [5.41, 5.74) is 2.03. The molecule has 0 saturated heterocycles. The van der Waals surface area contributed by atoms with Crippen molar-refractivity contribution < 1.29 is 4.74 Å². The Labute approximate surface area is 101 Å². The molecule has 15 heavy (non-hydrogen) atoms. The van der Waals surface area contributed by atoms with Crippen LogP contribution in [0.15, 0.2) is 10.1 Å². The molecule has 86 valence electrons. The quantitative estimate of drug-likeness (QED) is 0.735. The van der Waals surface area contributed by atoms with Crippen LogP contribution in [0.5, 0.6) is 0 Å². The molecule has 0 spiro atoms. The molecular weight excluding hydrogens is 252 g/mol. The van der Waals surface area contributed by atoms with Gasteiger partial charge < -0.3 is 4.74 Å². The van der Waals surface area contributed by atoms with Crippen molar-refractivity contribution in [3.63, 3.8) is 0 Å². The van der Waals surface area contributed by atoms with Crippen molar-refractivity contribution in [2.75, 3.05) is 7.11 Å². The number of allylic oxidation sites excluding steroid dienone is 1. The van der Waals surface area contributed by atoms with Crippen LogP contribution in [0.2, 0.25) is 0 Å². The van der Waals surface area contributed by atoms with Gasteiger partial charge in [0.2, 0.25) is 0 Å². The molecule has 0 radical (unpaired) electrons. The fourth-order valence-electron chi connectivity index (χ4n) is 3.72. The molecular formula is C13H21BrO. The molecule has 0 aromatic heterocycles. The minimum Gasteiger partial charge on any atom is -0.376 e. The SMILES string of the molecule is CO[C@@H]1C[C@]2(C)C(=C1Br)CC[C@H]2C(C)C. The van der Waals surface area contributed by atoms with Gasteiger partial charge in [-0.05, 0) is 36.5 Å². The Kier molecular flexibility index (Phi) is 3.02. The van der Waals surface area contributed by atoms with Gasteiger partial charge >= 0.3 is 0 Å². The zero-order valence-corrected chi connectivity index (χ0v) is 11.7. The molecule has 0 aromatic carbocycles. The summed E-state index contributed by atoms with van der Waals surface area (Å²) in [5.74, 6) is 1.61. The van der Waals surface area contributed by atoms with Crippen LogP contribution in [0.3, 0.4) is 0 Å². The van der Waals surface area contributed by atoms with Crippen molar-refractivity contribution in [1.29, 1.82) is 0 Å². The number of halogens is 1. The predicted molar refractivity (Wildman–Crippen MR) is 67.0 cm³/mol. The van der Waals surface area contributed by atoms with Crippen LogP contribution < -0.4 is 0 Å². The molecule has 2 aliphatic carbocycles. The van der Waals surface area contributed by atoms with Crippen molar-refractivity contribution in [2.24, 2.45) is 17.3 Å². The fraction of sp³-hybridized carbons (Fsp3) is 0.846. The van der Waals surface area contributed by atoms with Crippen LogP contribution in [-0.4, -0.2) is 13.2 Å². The summed E-state index contributed by atoms with van der Waals surface area (Å²) in [6, 6.07) is 0. The van der Waals surface area contributed by atoms with Gasteiger partial charge in [0.05, 0.1) is 6.10 Å². The van der Waals surface area contributed by atoms with Crippen molar-refractivity contribution in [3.8, 4) is 0 Å². The van der Waals surface area contributed by atoms with Crippen molar-refractivity contribution in [2.45, 2.75) is 46.1 Å². The lowest BCUT2D eigenvalue weighted by Crippen LogP contribution is -2.27. The second kappa shape index (κ2) is 3.89. The molecule has 2 aliphatic rings. The van der Waals surface area contributed by atoms with Crippen LogP contribution in [0.1, 0.15) is 40.0 Å². The highest BCUT2D eigenvalue weighted by Gasteiger charge is 2.51. The van der Waals surface area contributed by atoms with Gasteiger partial charge in [-0.2, -0.15) is 0 Å². The normalized spacial score (nSPS) is 40.4. The van der Waals surface area contributed by atoms with E-state index in [1.165, 1.54) is 23.7 Å². The number of methoxy groups -OCH3 is 1. The van der Waals surface area contributed by atoms with Gasteiger partial charge in [-0.15, -0.1) is 0 Å². The van der Waals surface area contributed by atoms with E-state index in [4.69, 9.17) is 4.74 Å². The maximum atomic E-state index is 5.55. The van der Waals surface area contributed by atoms with Crippen molar-refractivity contribution in [1.82, 2.24) is 0 Å². The maximum absolute atomic E-state index is 5.55. The standard InChI is InChI=1S/C13H21BrO/c1-8(2)9-5-6-10-12(14)11(15-4)7-13(9,10)3/h8-9,11H,5-7H2,1-4H3/t9-,11+,13-/m0/s1. The number of rotatable bonds is 2. The third kappa shape index (κ3) is 1.61. The zero-order chi connectivity index (χ0) is 11.2. The molecule has 0 amide bonds. The third-order valence-corrected chi connectivity index (χ3v) is 5.47. The summed E-state index contributed by atoms with van der Waals surface area (Å²) in [7, 11) is 1.82. The zero-order valence-electron chi connectivity index (χ0n) is 10.1. The molecule has 0 heterocycles. The predicted octanol–water partition coefficient (Wildman–Crippen LogP) is 4.13. The van der Waals surface area contributed by atoms with Gasteiger partial charge in [0.15, 0.2) is 0 Å². The average Bonchev–Trinajstić information content (AvgIpc) is 2.61. The highest BCUT2D eigenvalue weighted by molar-refractivity contribution is 9.11. The topological polar surface area (TPSA) is 9.23 Å². The van der Waals surface area contributed by atoms with E-state index < -0.39 is 0 Å². The first kappa shape index (κ1) is 11.7. The highest BCUT2D eigenvalue weighted by atomic mass is 79.9. The lowest BCUT2D eigenvalue weighted by atomic mass is 9.72. The van der Waals surface area contributed by atoms with Crippen LogP contribution in [-0.2, 0) is 4.74 Å². The van der Waals surface area contributed by atoms with E-state index in [1.807, 2.05) is 7.11 Å². The Morgan fingerprint density at radius 2 is 2.13 bits per heavy atom. The van der Waals surface area contributed by atoms with E-state index >= 15 is 0 Å². The van der Waals surface area contributed by atoms with Crippen LogP contribution in [0.4, 0.5) is 0 Å². The second-order valence-electron chi connectivity index (χ2n) is 5.56. The average molecular weight is 273 g/mol. The molecule has 2 rings (SSSR count). The smallest absolute Gasteiger partial charge is 0.0893 e. The Balaban J connectivity index is 2.32. The molecule has 0 unspecified atom stereocenters. The molecule has 1 nitrogen and oxygen atoms in total. The van der Waals surface area contributed by atoms with Crippen molar-refractivity contribution in [3.05, 3.63) is 10.1 Å². The summed E-state index contributed by atoms with van der Waals surface area (Å²) in [5, 5.41) is 0.